The summed E-state index contributed by atoms with van der Waals surface area (Å²) >= 11 is 0. The Hall–Kier alpha value is -2.75. The predicted octanol–water partition coefficient (Wildman–Crippen LogP) is 0.316. The topological polar surface area (TPSA) is 118 Å². The highest BCUT2D eigenvalue weighted by Gasteiger charge is 2.44. The van der Waals surface area contributed by atoms with Crippen LogP contribution in [-0.2, 0) is 9.59 Å². The Morgan fingerprint density at radius 3 is 2.73 bits per heavy atom. The minimum absolute atomic E-state index is 0.0596. The molecule has 2 aliphatic rings. The summed E-state index contributed by atoms with van der Waals surface area (Å²) in [4.78, 5) is 42.5. The first kappa shape index (κ1) is 18.1. The summed E-state index contributed by atoms with van der Waals surface area (Å²) in [6.07, 6.45) is 0.117. The third kappa shape index (κ3) is 3.45. The molecule has 0 saturated carbocycles. The van der Waals surface area contributed by atoms with Gasteiger partial charge in [-0.15, -0.1) is 0 Å². The molecule has 2 aliphatic heterocycles. The summed E-state index contributed by atoms with van der Waals surface area (Å²) in [5, 5.41) is 14.2. The van der Waals surface area contributed by atoms with Crippen molar-refractivity contribution < 1.29 is 19.2 Å². The molecule has 1 fully saturated rings. The average molecular weight is 363 g/mol. The summed E-state index contributed by atoms with van der Waals surface area (Å²) in [7, 11) is 0. The van der Waals surface area contributed by atoms with Gasteiger partial charge in [0, 0.05) is 45.2 Å². The first-order valence-electron chi connectivity index (χ1n) is 8.44. The molecule has 2 amide bonds. The fraction of sp³-hybridized carbons (Fsp3) is 0.562. The maximum atomic E-state index is 12.7. The van der Waals surface area contributed by atoms with Gasteiger partial charge < -0.3 is 25.1 Å². The molecule has 0 atom stereocenters. The second-order valence-corrected chi connectivity index (χ2v) is 6.70. The molecule has 1 N–H and O–H groups in total. The second-order valence-electron chi connectivity index (χ2n) is 6.70. The molecule has 1 aromatic heterocycles. The van der Waals surface area contributed by atoms with Crippen molar-refractivity contribution in [3.05, 3.63) is 22.2 Å². The highest BCUT2D eigenvalue weighted by atomic mass is 16.6. The van der Waals surface area contributed by atoms with E-state index in [1.54, 1.807) is 18.7 Å². The molecule has 1 aromatic rings. The zero-order chi connectivity index (χ0) is 18.9. The molecule has 0 aromatic carbocycles. The summed E-state index contributed by atoms with van der Waals surface area (Å²) in [6, 6.07) is 2.66. The lowest BCUT2D eigenvalue weighted by Crippen LogP contribution is -2.54. The molecule has 10 nitrogen and oxygen atoms in total. The normalized spacial score (nSPS) is 18.9. The molecule has 0 unspecified atom stereocenters. The first-order chi connectivity index (χ1) is 12.3. The number of hydrogen-bond acceptors (Lipinski definition) is 7. The van der Waals surface area contributed by atoms with Crippen molar-refractivity contribution in [3.63, 3.8) is 0 Å². The minimum Gasteiger partial charge on any atom is -0.472 e. The van der Waals surface area contributed by atoms with Crippen LogP contribution >= 0.6 is 0 Å². The van der Waals surface area contributed by atoms with Crippen LogP contribution in [0.3, 0.4) is 0 Å². The average Bonchev–Trinajstić information content (AvgIpc) is 2.62. The summed E-state index contributed by atoms with van der Waals surface area (Å²) in [6.45, 7) is 6.06. The van der Waals surface area contributed by atoms with Gasteiger partial charge in [0.15, 0.2) is 11.4 Å². The maximum absolute atomic E-state index is 12.7. The summed E-state index contributed by atoms with van der Waals surface area (Å²) < 4.78 is 5.64. The molecule has 0 aliphatic carbocycles. The van der Waals surface area contributed by atoms with Gasteiger partial charge in [-0.1, -0.05) is 0 Å². The predicted molar refractivity (Wildman–Crippen MR) is 92.0 cm³/mol. The van der Waals surface area contributed by atoms with Crippen LogP contribution < -0.4 is 15.0 Å². The number of aromatic nitrogens is 1. The van der Waals surface area contributed by atoms with Crippen LogP contribution in [0.1, 0.15) is 20.3 Å². The van der Waals surface area contributed by atoms with Crippen LogP contribution in [0, 0.1) is 10.1 Å². The number of ether oxygens (including phenoxy) is 1. The molecule has 10 heteroatoms. The van der Waals surface area contributed by atoms with E-state index in [1.165, 1.54) is 17.0 Å². The highest BCUT2D eigenvalue weighted by Crippen LogP contribution is 2.37. The molecule has 1 saturated heterocycles. The Morgan fingerprint density at radius 1 is 1.38 bits per heavy atom. The molecule has 140 valence electrons. The quantitative estimate of drug-likeness (QED) is 0.604. The highest BCUT2D eigenvalue weighted by molar-refractivity contribution is 6.01. The largest absolute Gasteiger partial charge is 0.472 e. The van der Waals surface area contributed by atoms with E-state index < -0.39 is 10.5 Å². The smallest absolute Gasteiger partial charge is 0.366 e. The molecule has 26 heavy (non-hydrogen) atoms. The number of nitrogens with one attached hydrogen (secondary N) is 1. The lowest BCUT2D eigenvalue weighted by molar-refractivity contribution is -0.389. The number of hydrogen-bond donors (Lipinski definition) is 1. The molecule has 3 heterocycles. The van der Waals surface area contributed by atoms with Gasteiger partial charge >= 0.3 is 5.82 Å². The van der Waals surface area contributed by atoms with Gasteiger partial charge in [0.25, 0.3) is 11.7 Å². The van der Waals surface area contributed by atoms with E-state index in [2.05, 4.69) is 10.3 Å². The van der Waals surface area contributed by atoms with Crippen molar-refractivity contribution in [1.29, 1.82) is 0 Å². The standard InChI is InChI=1S/C16H21N5O5/c1-16(2)15(23)20(8-5-13(22)19-9-6-17-7-10-19)14-11(26-16)3-4-12(18-14)21(24)25/h3-4,17H,5-10H2,1-2H3. The lowest BCUT2D eigenvalue weighted by atomic mass is 10.0. The Balaban J connectivity index is 1.82. The number of nitrogens with zero attached hydrogens (tertiary/aromatic N) is 4. The Bertz CT molecular complexity index is 745. The number of nitro groups is 1. The van der Waals surface area contributed by atoms with Gasteiger partial charge in [-0.05, 0) is 29.8 Å². The van der Waals surface area contributed by atoms with E-state index in [-0.39, 0.29) is 42.2 Å². The number of carbonyl (C=O) groups is 2. The van der Waals surface area contributed by atoms with Crippen molar-refractivity contribution in [2.75, 3.05) is 37.6 Å². The molecule has 0 bridgehead atoms. The van der Waals surface area contributed by atoms with Crippen molar-refractivity contribution in [1.82, 2.24) is 15.2 Å². The van der Waals surface area contributed by atoms with Gasteiger partial charge in [-0.25, -0.2) is 0 Å². The number of anilines is 1. The molecular weight excluding hydrogens is 342 g/mol. The number of carbonyl (C=O) groups excluding carboxylic acids is 2. The van der Waals surface area contributed by atoms with Gasteiger partial charge in [0.05, 0.1) is 0 Å². The zero-order valence-electron chi connectivity index (χ0n) is 14.7. The third-order valence-electron chi connectivity index (χ3n) is 4.41. The van der Waals surface area contributed by atoms with E-state index in [1.807, 2.05) is 0 Å². The van der Waals surface area contributed by atoms with Crippen LogP contribution in [0.4, 0.5) is 11.6 Å². The lowest BCUT2D eigenvalue weighted by Gasteiger charge is -2.36. The molecule has 0 spiro atoms. The van der Waals surface area contributed by atoms with Crippen molar-refractivity contribution in [2.24, 2.45) is 0 Å². The van der Waals surface area contributed by atoms with Crippen LogP contribution in [0.15, 0.2) is 12.1 Å². The minimum atomic E-state index is -1.14. The van der Waals surface area contributed by atoms with Gasteiger partial charge in [-0.3, -0.25) is 14.5 Å². The van der Waals surface area contributed by atoms with Crippen LogP contribution in [0.5, 0.6) is 5.75 Å². The number of piperazine rings is 1. The van der Waals surface area contributed by atoms with E-state index in [0.717, 1.165) is 13.1 Å². The summed E-state index contributed by atoms with van der Waals surface area (Å²) in [5.41, 5.74) is -1.14. The van der Waals surface area contributed by atoms with Gasteiger partial charge in [-0.2, -0.15) is 0 Å². The van der Waals surface area contributed by atoms with Crippen molar-refractivity contribution in [3.8, 4) is 5.75 Å². The molecule has 0 radical (unpaired) electrons. The van der Waals surface area contributed by atoms with Crippen LogP contribution in [0.25, 0.3) is 0 Å². The fourth-order valence-electron chi connectivity index (χ4n) is 3.03. The Morgan fingerprint density at radius 2 is 2.08 bits per heavy atom. The molecule has 3 rings (SSSR count). The van der Waals surface area contributed by atoms with Crippen molar-refractivity contribution >= 4 is 23.5 Å². The Kier molecular flexibility index (Phi) is 4.77. The zero-order valence-corrected chi connectivity index (χ0v) is 14.7. The van der Waals surface area contributed by atoms with Crippen LogP contribution in [-0.4, -0.2) is 64.9 Å². The van der Waals surface area contributed by atoms with Gasteiger partial charge in [0.1, 0.15) is 0 Å². The third-order valence-corrected chi connectivity index (χ3v) is 4.41. The summed E-state index contributed by atoms with van der Waals surface area (Å²) in [5.74, 6) is -0.452. The number of fused-ring (bicyclic) bond motifs is 1. The maximum Gasteiger partial charge on any atom is 0.366 e. The monoisotopic (exact) mass is 363 g/mol. The fourth-order valence-corrected chi connectivity index (χ4v) is 3.03. The first-order valence-corrected chi connectivity index (χ1v) is 8.44. The van der Waals surface area contributed by atoms with E-state index >= 15 is 0 Å². The number of amides is 2. The van der Waals surface area contributed by atoms with E-state index in [4.69, 9.17) is 4.74 Å². The van der Waals surface area contributed by atoms with Crippen LogP contribution in [0.2, 0.25) is 0 Å². The van der Waals surface area contributed by atoms with Gasteiger partial charge in [0.2, 0.25) is 5.91 Å². The Labute approximate surface area is 150 Å². The second kappa shape index (κ2) is 6.87. The van der Waals surface area contributed by atoms with E-state index in [0.29, 0.717) is 13.1 Å². The number of pyridine rings is 1. The molecular formula is C16H21N5O5. The SMILES string of the molecule is CC1(C)Oc2ccc([N+](=O)[O-])nc2N(CCC(=O)N2CCNCC2)C1=O. The van der Waals surface area contributed by atoms with Crippen molar-refractivity contribution in [2.45, 2.75) is 25.9 Å². The number of rotatable bonds is 4. The van der Waals surface area contributed by atoms with E-state index in [9.17, 15) is 19.7 Å².